The fraction of sp³-hybridized carbons (Fsp3) is 0.364. The maximum absolute atomic E-state index is 11.6. The van der Waals surface area contributed by atoms with Crippen LogP contribution in [0.25, 0.3) is 0 Å². The normalized spacial score (nSPS) is 10.1. The highest BCUT2D eigenvalue weighted by molar-refractivity contribution is 7.98. The number of rotatable bonds is 5. The van der Waals surface area contributed by atoms with Crippen molar-refractivity contribution in [3.05, 3.63) is 23.8 Å². The molecule has 0 aromatic heterocycles. The van der Waals surface area contributed by atoms with E-state index >= 15 is 0 Å². The summed E-state index contributed by atoms with van der Waals surface area (Å²) in [6.45, 7) is 0.564. The quantitative estimate of drug-likeness (QED) is 0.541. The SMILES string of the molecule is CSCCCNC(=O)c1cccc(O)c1O. The number of thioether (sulfide) groups is 1. The number of aromatic hydroxyl groups is 2. The zero-order valence-electron chi connectivity index (χ0n) is 9.06. The minimum absolute atomic E-state index is 0.101. The summed E-state index contributed by atoms with van der Waals surface area (Å²) >= 11 is 1.71. The van der Waals surface area contributed by atoms with E-state index in [0.717, 1.165) is 12.2 Å². The van der Waals surface area contributed by atoms with Gasteiger partial charge < -0.3 is 15.5 Å². The second-order valence-electron chi connectivity index (χ2n) is 3.28. The Morgan fingerprint density at radius 2 is 2.19 bits per heavy atom. The highest BCUT2D eigenvalue weighted by Gasteiger charge is 2.12. The zero-order valence-corrected chi connectivity index (χ0v) is 9.88. The Labute approximate surface area is 98.7 Å². The van der Waals surface area contributed by atoms with Crippen molar-refractivity contribution in [2.75, 3.05) is 18.6 Å². The van der Waals surface area contributed by atoms with E-state index in [9.17, 15) is 15.0 Å². The predicted octanol–water partition coefficient (Wildman–Crippen LogP) is 1.58. The minimum atomic E-state index is -0.370. The molecule has 1 aromatic carbocycles. The van der Waals surface area contributed by atoms with Crippen molar-refractivity contribution < 1.29 is 15.0 Å². The Hall–Kier alpha value is -1.36. The number of hydrogen-bond acceptors (Lipinski definition) is 4. The summed E-state index contributed by atoms with van der Waals surface area (Å²) in [4.78, 5) is 11.6. The highest BCUT2D eigenvalue weighted by Crippen LogP contribution is 2.27. The molecule has 88 valence electrons. The Morgan fingerprint density at radius 1 is 1.44 bits per heavy atom. The molecule has 1 aromatic rings. The Bertz CT molecular complexity index is 368. The van der Waals surface area contributed by atoms with E-state index in [0.29, 0.717) is 6.54 Å². The molecule has 1 rings (SSSR count). The largest absolute Gasteiger partial charge is 0.504 e. The van der Waals surface area contributed by atoms with E-state index in [1.54, 1.807) is 11.8 Å². The molecule has 0 aliphatic heterocycles. The molecule has 0 radical (unpaired) electrons. The first-order valence-electron chi connectivity index (χ1n) is 4.95. The summed E-state index contributed by atoms with van der Waals surface area (Å²) < 4.78 is 0. The minimum Gasteiger partial charge on any atom is -0.504 e. The molecule has 0 aliphatic carbocycles. The fourth-order valence-corrected chi connectivity index (χ4v) is 1.66. The van der Waals surface area contributed by atoms with Gasteiger partial charge in [0.1, 0.15) is 0 Å². The van der Waals surface area contributed by atoms with Crippen molar-refractivity contribution in [3.8, 4) is 11.5 Å². The van der Waals surface area contributed by atoms with E-state index in [4.69, 9.17) is 0 Å². The monoisotopic (exact) mass is 241 g/mol. The van der Waals surface area contributed by atoms with Crippen molar-refractivity contribution in [1.29, 1.82) is 0 Å². The Morgan fingerprint density at radius 3 is 2.88 bits per heavy atom. The van der Waals surface area contributed by atoms with Gasteiger partial charge in [-0.3, -0.25) is 4.79 Å². The first-order chi connectivity index (χ1) is 7.66. The van der Waals surface area contributed by atoms with E-state index < -0.39 is 0 Å². The number of para-hydroxylation sites is 1. The van der Waals surface area contributed by atoms with Gasteiger partial charge in [0.2, 0.25) is 0 Å². The second-order valence-corrected chi connectivity index (χ2v) is 4.26. The maximum atomic E-state index is 11.6. The average Bonchev–Trinajstić information content (AvgIpc) is 2.28. The number of carbonyl (C=O) groups excluding carboxylic acids is 1. The van der Waals surface area contributed by atoms with Crippen LogP contribution in [0.4, 0.5) is 0 Å². The molecule has 0 heterocycles. The number of hydrogen-bond donors (Lipinski definition) is 3. The van der Waals surface area contributed by atoms with Crippen LogP contribution in [0.2, 0.25) is 0 Å². The van der Waals surface area contributed by atoms with E-state index in [1.165, 1.54) is 18.2 Å². The van der Waals surface area contributed by atoms with Crippen LogP contribution in [-0.2, 0) is 0 Å². The average molecular weight is 241 g/mol. The van der Waals surface area contributed by atoms with Gasteiger partial charge in [-0.05, 0) is 30.6 Å². The van der Waals surface area contributed by atoms with Crippen LogP contribution >= 0.6 is 11.8 Å². The van der Waals surface area contributed by atoms with Crippen LogP contribution in [0.1, 0.15) is 16.8 Å². The summed E-state index contributed by atoms with van der Waals surface area (Å²) in [7, 11) is 0. The molecule has 3 N–H and O–H groups in total. The number of phenols is 2. The van der Waals surface area contributed by atoms with E-state index in [1.807, 2.05) is 6.26 Å². The van der Waals surface area contributed by atoms with Gasteiger partial charge in [0.05, 0.1) is 5.56 Å². The van der Waals surface area contributed by atoms with Gasteiger partial charge in [-0.1, -0.05) is 6.07 Å². The smallest absolute Gasteiger partial charge is 0.255 e. The summed E-state index contributed by atoms with van der Waals surface area (Å²) in [6, 6.07) is 4.32. The summed E-state index contributed by atoms with van der Waals surface area (Å²) in [5.41, 5.74) is 0.101. The molecule has 0 aliphatic rings. The van der Waals surface area contributed by atoms with Crippen LogP contribution in [0, 0.1) is 0 Å². The first-order valence-corrected chi connectivity index (χ1v) is 6.34. The van der Waals surface area contributed by atoms with Crippen LogP contribution in [0.3, 0.4) is 0 Å². The van der Waals surface area contributed by atoms with E-state index in [-0.39, 0.29) is 23.0 Å². The van der Waals surface area contributed by atoms with Crippen molar-refractivity contribution in [2.45, 2.75) is 6.42 Å². The molecule has 1 amide bonds. The zero-order chi connectivity index (χ0) is 12.0. The third kappa shape index (κ3) is 3.34. The molecule has 16 heavy (non-hydrogen) atoms. The summed E-state index contributed by atoms with van der Waals surface area (Å²) in [5.74, 6) is -0.0390. The molecule has 0 saturated carbocycles. The number of benzene rings is 1. The number of phenolic OH excluding ortho intramolecular Hbond substituents is 2. The van der Waals surface area contributed by atoms with Crippen molar-refractivity contribution in [2.24, 2.45) is 0 Å². The van der Waals surface area contributed by atoms with Gasteiger partial charge in [0, 0.05) is 6.54 Å². The van der Waals surface area contributed by atoms with E-state index in [2.05, 4.69) is 5.32 Å². The van der Waals surface area contributed by atoms with Crippen molar-refractivity contribution in [3.63, 3.8) is 0 Å². The molecule has 0 fully saturated rings. The lowest BCUT2D eigenvalue weighted by Crippen LogP contribution is -2.24. The van der Waals surface area contributed by atoms with Crippen LogP contribution < -0.4 is 5.32 Å². The molecular formula is C11H15NO3S. The Kier molecular flexibility index (Phi) is 4.98. The van der Waals surface area contributed by atoms with Gasteiger partial charge in [-0.15, -0.1) is 0 Å². The molecule has 0 spiro atoms. The fourth-order valence-electron chi connectivity index (χ4n) is 1.23. The lowest BCUT2D eigenvalue weighted by atomic mass is 10.1. The predicted molar refractivity (Wildman–Crippen MR) is 65.1 cm³/mol. The lowest BCUT2D eigenvalue weighted by molar-refractivity contribution is 0.0950. The van der Waals surface area contributed by atoms with Crippen LogP contribution in [-0.4, -0.2) is 34.7 Å². The second kappa shape index (κ2) is 6.27. The van der Waals surface area contributed by atoms with Crippen molar-refractivity contribution >= 4 is 17.7 Å². The lowest BCUT2D eigenvalue weighted by Gasteiger charge is -2.07. The molecular weight excluding hydrogens is 226 g/mol. The third-order valence-electron chi connectivity index (χ3n) is 2.07. The number of nitrogens with one attached hydrogen (secondary N) is 1. The van der Waals surface area contributed by atoms with Gasteiger partial charge in [0.25, 0.3) is 5.91 Å². The summed E-state index contributed by atoms with van der Waals surface area (Å²) in [6.07, 6.45) is 2.88. The standard InChI is InChI=1S/C11H15NO3S/c1-16-7-3-6-12-11(15)8-4-2-5-9(13)10(8)14/h2,4-5,13-14H,3,6-7H2,1H3,(H,12,15). The molecule has 0 bridgehead atoms. The first kappa shape index (κ1) is 12.7. The van der Waals surface area contributed by atoms with Gasteiger partial charge in [-0.25, -0.2) is 0 Å². The van der Waals surface area contributed by atoms with Crippen LogP contribution in [0.15, 0.2) is 18.2 Å². The molecule has 0 saturated heterocycles. The van der Waals surface area contributed by atoms with Gasteiger partial charge in [-0.2, -0.15) is 11.8 Å². The molecule has 0 atom stereocenters. The number of carbonyl (C=O) groups is 1. The molecule has 4 nitrogen and oxygen atoms in total. The van der Waals surface area contributed by atoms with Gasteiger partial charge >= 0.3 is 0 Å². The highest BCUT2D eigenvalue weighted by atomic mass is 32.2. The van der Waals surface area contributed by atoms with Gasteiger partial charge in [0.15, 0.2) is 11.5 Å². The Balaban J connectivity index is 2.56. The maximum Gasteiger partial charge on any atom is 0.255 e. The molecule has 5 heteroatoms. The third-order valence-corrected chi connectivity index (χ3v) is 2.77. The molecule has 0 unspecified atom stereocenters. The number of amides is 1. The summed E-state index contributed by atoms with van der Waals surface area (Å²) in [5, 5.41) is 21.4. The van der Waals surface area contributed by atoms with Crippen LogP contribution in [0.5, 0.6) is 11.5 Å². The van der Waals surface area contributed by atoms with Crippen molar-refractivity contribution in [1.82, 2.24) is 5.32 Å². The topological polar surface area (TPSA) is 69.6 Å².